The SMILES string of the molecule is O=P([O-])(OC1[C@@H](O)[C@H](O)C(O)[C@H](O)[C@@H]1O)OC1[C@H](O)[C@H](O)C(O)[C@H](O)[C@H]1O.[Na+]. The molecule has 0 saturated heterocycles. The molecule has 5 unspecified atom stereocenters. The van der Waals surface area contributed by atoms with Gasteiger partial charge < -0.3 is 65.0 Å². The zero-order chi connectivity index (χ0) is 20.8. The largest absolute Gasteiger partial charge is 1.00 e. The minimum Gasteiger partial charge on any atom is -0.756 e. The Morgan fingerprint density at radius 3 is 0.893 bits per heavy atom. The molecule has 0 aromatic rings. The van der Waals surface area contributed by atoms with Crippen LogP contribution in [0.2, 0.25) is 0 Å². The average molecular weight is 444 g/mol. The van der Waals surface area contributed by atoms with E-state index in [1.165, 1.54) is 0 Å². The molecule has 2 aliphatic carbocycles. The van der Waals surface area contributed by atoms with Gasteiger partial charge in [0.05, 0.1) is 0 Å². The van der Waals surface area contributed by atoms with Crippen LogP contribution in [0.5, 0.6) is 0 Å². The van der Waals surface area contributed by atoms with E-state index in [-0.39, 0.29) is 29.6 Å². The fraction of sp³-hybridized carbons (Fsp3) is 1.00. The van der Waals surface area contributed by atoms with Crippen LogP contribution in [-0.2, 0) is 13.6 Å². The molecule has 2 saturated carbocycles. The molecular formula is C12H22NaO14P. The van der Waals surface area contributed by atoms with E-state index < -0.39 is 81.1 Å². The van der Waals surface area contributed by atoms with Gasteiger partial charge >= 0.3 is 29.6 Å². The fourth-order valence-electron chi connectivity index (χ4n) is 2.97. The van der Waals surface area contributed by atoms with Crippen LogP contribution in [0.3, 0.4) is 0 Å². The number of aliphatic hydroxyl groups excluding tert-OH is 10. The van der Waals surface area contributed by atoms with Gasteiger partial charge in [-0.25, -0.2) is 0 Å². The topological polar surface area (TPSA) is 261 Å². The molecule has 0 radical (unpaired) electrons. The van der Waals surface area contributed by atoms with Crippen LogP contribution in [0.4, 0.5) is 0 Å². The van der Waals surface area contributed by atoms with E-state index in [1.807, 2.05) is 0 Å². The van der Waals surface area contributed by atoms with Crippen LogP contribution in [0.15, 0.2) is 0 Å². The van der Waals surface area contributed by atoms with Crippen LogP contribution < -0.4 is 34.5 Å². The second-order valence-electron chi connectivity index (χ2n) is 6.49. The predicted octanol–water partition coefficient (Wildman–Crippen LogP) is -10.1. The number of hydrogen-bond acceptors (Lipinski definition) is 14. The van der Waals surface area contributed by atoms with E-state index in [0.29, 0.717) is 0 Å². The third kappa shape index (κ3) is 5.12. The third-order valence-electron chi connectivity index (χ3n) is 4.65. The summed E-state index contributed by atoms with van der Waals surface area (Å²) < 4.78 is 20.8. The normalized spacial score (nSPS) is 51.8. The van der Waals surface area contributed by atoms with Crippen molar-refractivity contribution in [2.45, 2.75) is 73.2 Å². The minimum atomic E-state index is -5.62. The van der Waals surface area contributed by atoms with E-state index in [9.17, 15) is 60.5 Å². The Hall–Kier alpha value is 0.710. The maximum Gasteiger partial charge on any atom is 1.00 e. The van der Waals surface area contributed by atoms with Crippen molar-refractivity contribution < 1.29 is 99.1 Å². The summed E-state index contributed by atoms with van der Waals surface area (Å²) in [6.07, 6.45) is -25.4. The van der Waals surface area contributed by atoms with Gasteiger partial charge in [-0.1, -0.05) is 0 Å². The third-order valence-corrected chi connectivity index (χ3v) is 5.65. The molecule has 0 heterocycles. The van der Waals surface area contributed by atoms with E-state index in [1.54, 1.807) is 0 Å². The molecule has 2 fully saturated rings. The molecule has 0 aliphatic heterocycles. The molecule has 160 valence electrons. The summed E-state index contributed by atoms with van der Waals surface area (Å²) in [7, 11) is -5.62. The van der Waals surface area contributed by atoms with Crippen molar-refractivity contribution in [1.82, 2.24) is 0 Å². The molecule has 0 bridgehead atoms. The molecule has 10 N–H and O–H groups in total. The van der Waals surface area contributed by atoms with Crippen molar-refractivity contribution in [3.8, 4) is 0 Å². The summed E-state index contributed by atoms with van der Waals surface area (Å²) in [5.74, 6) is 0. The van der Waals surface area contributed by atoms with E-state index in [0.717, 1.165) is 0 Å². The summed E-state index contributed by atoms with van der Waals surface area (Å²) in [6, 6.07) is 0. The Kier molecular flexibility index (Phi) is 9.45. The van der Waals surface area contributed by atoms with Gasteiger partial charge in [-0.05, 0) is 0 Å². The van der Waals surface area contributed by atoms with Gasteiger partial charge in [0.15, 0.2) is 0 Å². The van der Waals surface area contributed by atoms with Gasteiger partial charge in [0, 0.05) is 0 Å². The first-order valence-corrected chi connectivity index (χ1v) is 9.24. The molecule has 2 aliphatic rings. The van der Waals surface area contributed by atoms with Crippen LogP contribution in [0.1, 0.15) is 0 Å². The molecule has 28 heavy (non-hydrogen) atoms. The number of phosphoric ester groups is 1. The second-order valence-corrected chi connectivity index (χ2v) is 7.81. The minimum absolute atomic E-state index is 0. The predicted molar refractivity (Wildman–Crippen MR) is 77.4 cm³/mol. The molecule has 16 heteroatoms. The van der Waals surface area contributed by atoms with Crippen molar-refractivity contribution >= 4 is 7.82 Å². The maximum absolute atomic E-state index is 12.0. The molecule has 14 nitrogen and oxygen atoms in total. The summed E-state index contributed by atoms with van der Waals surface area (Å²) >= 11 is 0. The zero-order valence-electron chi connectivity index (χ0n) is 14.5. The van der Waals surface area contributed by atoms with E-state index in [4.69, 9.17) is 0 Å². The number of aliphatic hydroxyl groups is 10. The molecule has 0 aromatic carbocycles. The Morgan fingerprint density at radius 1 is 0.500 bits per heavy atom. The van der Waals surface area contributed by atoms with Crippen molar-refractivity contribution in [3.05, 3.63) is 0 Å². The quantitative estimate of drug-likeness (QED) is 0.143. The van der Waals surface area contributed by atoms with Crippen molar-refractivity contribution in [2.24, 2.45) is 0 Å². The van der Waals surface area contributed by atoms with Gasteiger partial charge in [-0.15, -0.1) is 0 Å². The van der Waals surface area contributed by atoms with Crippen LogP contribution in [0.25, 0.3) is 0 Å². The van der Waals surface area contributed by atoms with Crippen LogP contribution >= 0.6 is 7.82 Å². The van der Waals surface area contributed by atoms with Crippen molar-refractivity contribution in [3.63, 3.8) is 0 Å². The Bertz CT molecular complexity index is 492. The first-order chi connectivity index (χ1) is 12.3. The molecule has 13 atom stereocenters. The second kappa shape index (κ2) is 9.89. The van der Waals surface area contributed by atoms with Crippen LogP contribution in [-0.4, -0.2) is 124 Å². The van der Waals surface area contributed by atoms with E-state index in [2.05, 4.69) is 9.05 Å². The Morgan fingerprint density at radius 2 is 0.679 bits per heavy atom. The Balaban J connectivity index is 0.00000392. The average Bonchev–Trinajstić information content (AvgIpc) is 2.62. The first-order valence-electron chi connectivity index (χ1n) is 7.78. The van der Waals surface area contributed by atoms with Gasteiger partial charge in [-0.2, -0.15) is 0 Å². The maximum atomic E-state index is 12.0. The summed E-state index contributed by atoms with van der Waals surface area (Å²) in [6.45, 7) is 0. The first kappa shape index (κ1) is 26.7. The number of hydrogen-bond donors (Lipinski definition) is 10. The number of phosphoric acid groups is 1. The zero-order valence-corrected chi connectivity index (χ0v) is 17.4. The fourth-order valence-corrected chi connectivity index (χ4v) is 4.11. The van der Waals surface area contributed by atoms with Crippen LogP contribution in [0, 0.1) is 0 Å². The van der Waals surface area contributed by atoms with Gasteiger partial charge in [-0.3, -0.25) is 4.57 Å². The molecular weight excluding hydrogens is 422 g/mol. The monoisotopic (exact) mass is 444 g/mol. The van der Waals surface area contributed by atoms with Crippen molar-refractivity contribution in [2.75, 3.05) is 0 Å². The smallest absolute Gasteiger partial charge is 0.756 e. The number of rotatable bonds is 4. The van der Waals surface area contributed by atoms with Gasteiger partial charge in [0.1, 0.15) is 73.2 Å². The van der Waals surface area contributed by atoms with Gasteiger partial charge in [0.2, 0.25) is 0 Å². The van der Waals surface area contributed by atoms with Crippen molar-refractivity contribution in [1.29, 1.82) is 0 Å². The standard InChI is InChI=1S/C12H23O14P.Na/c13-1-3(15)7(19)11(8(20)4(1)16)25-27(23,24)26-12-9(21)5(17)2(14)6(18)10(12)22;/h1-22H,(H,23,24);/q;+1/p-1/t1?,2?,3-,4+,5-,6+,7-,8-,9+,10+,11?,12?;. The molecule has 0 spiro atoms. The molecule has 0 aromatic heterocycles. The van der Waals surface area contributed by atoms with Gasteiger partial charge in [0.25, 0.3) is 7.82 Å². The van der Waals surface area contributed by atoms with E-state index >= 15 is 0 Å². The summed E-state index contributed by atoms with van der Waals surface area (Å²) in [5, 5.41) is 96.0. The molecule has 0 amide bonds. The summed E-state index contributed by atoms with van der Waals surface area (Å²) in [4.78, 5) is 12.0. The Labute approximate surface area is 180 Å². The summed E-state index contributed by atoms with van der Waals surface area (Å²) in [5.41, 5.74) is 0. The molecule has 2 rings (SSSR count).